The Hall–Kier alpha value is -1.72. The van der Waals surface area contributed by atoms with E-state index in [4.69, 9.17) is 14.2 Å². The van der Waals surface area contributed by atoms with Gasteiger partial charge in [0.25, 0.3) is 0 Å². The fourth-order valence-corrected chi connectivity index (χ4v) is 1.93. The first kappa shape index (κ1) is 15.7. The van der Waals surface area contributed by atoms with Gasteiger partial charge in [0, 0.05) is 11.6 Å². The molecule has 0 unspecified atom stereocenters. The van der Waals surface area contributed by atoms with Crippen molar-refractivity contribution in [2.24, 2.45) is 0 Å². The van der Waals surface area contributed by atoms with E-state index in [0.29, 0.717) is 24.3 Å². The number of rotatable bonds is 7. The van der Waals surface area contributed by atoms with Gasteiger partial charge in [0.15, 0.2) is 0 Å². The van der Waals surface area contributed by atoms with E-state index in [1.807, 2.05) is 6.92 Å². The maximum atomic E-state index is 14.0. The van der Waals surface area contributed by atoms with Crippen LogP contribution in [0, 0.1) is 5.82 Å². The molecular formula is C16H19FO4. The zero-order chi connectivity index (χ0) is 15.2. The molecule has 1 aliphatic rings. The molecule has 0 radical (unpaired) electrons. The molecule has 114 valence electrons. The van der Waals surface area contributed by atoms with Gasteiger partial charge < -0.3 is 14.2 Å². The monoisotopic (exact) mass is 294 g/mol. The van der Waals surface area contributed by atoms with Gasteiger partial charge in [-0.3, -0.25) is 0 Å². The highest BCUT2D eigenvalue weighted by Crippen LogP contribution is 2.26. The molecule has 0 N–H and O–H groups in total. The van der Waals surface area contributed by atoms with Crippen molar-refractivity contribution < 1.29 is 23.4 Å². The molecule has 5 heteroatoms. The molecule has 0 amide bonds. The molecule has 0 aromatic heterocycles. The number of ether oxygens (including phenoxy) is 3. The van der Waals surface area contributed by atoms with Crippen molar-refractivity contribution in [1.29, 1.82) is 0 Å². The van der Waals surface area contributed by atoms with E-state index in [1.165, 1.54) is 18.2 Å². The van der Waals surface area contributed by atoms with Crippen LogP contribution in [0.3, 0.4) is 0 Å². The zero-order valence-electron chi connectivity index (χ0n) is 12.2. The SMILES string of the molecule is CCOC(=O)C=Cc1c(F)cccc1[C@@H](C)OC[C@H]1CO1. The third-order valence-electron chi connectivity index (χ3n) is 3.13. The Morgan fingerprint density at radius 2 is 2.33 bits per heavy atom. The standard InChI is InChI=1S/C16H19FO4/c1-3-19-16(18)8-7-14-13(5-4-6-15(14)17)11(2)20-9-12-10-21-12/h4-8,11-12H,3,9-10H2,1-2H3/t11-,12+/m1/s1. The average Bonchev–Trinajstić information content (AvgIpc) is 3.27. The minimum absolute atomic E-state index is 0.152. The lowest BCUT2D eigenvalue weighted by atomic mass is 10.0. The van der Waals surface area contributed by atoms with Crippen LogP contribution in [0.5, 0.6) is 0 Å². The predicted octanol–water partition coefficient (Wildman–Crippen LogP) is 2.88. The van der Waals surface area contributed by atoms with Crippen molar-refractivity contribution in [3.8, 4) is 0 Å². The Morgan fingerprint density at radius 1 is 1.57 bits per heavy atom. The van der Waals surface area contributed by atoms with Crippen LogP contribution in [0.25, 0.3) is 6.08 Å². The molecule has 1 saturated heterocycles. The van der Waals surface area contributed by atoms with Gasteiger partial charge in [0.1, 0.15) is 11.9 Å². The molecule has 0 bridgehead atoms. The second-order valence-corrected chi connectivity index (χ2v) is 4.76. The van der Waals surface area contributed by atoms with Crippen LogP contribution in [0.2, 0.25) is 0 Å². The number of hydrogen-bond donors (Lipinski definition) is 0. The Labute approximate surface area is 123 Å². The minimum atomic E-state index is -0.494. The molecule has 21 heavy (non-hydrogen) atoms. The highest BCUT2D eigenvalue weighted by Gasteiger charge is 2.24. The third-order valence-corrected chi connectivity index (χ3v) is 3.13. The van der Waals surface area contributed by atoms with Gasteiger partial charge in [-0.25, -0.2) is 9.18 Å². The van der Waals surface area contributed by atoms with Gasteiger partial charge in [0.05, 0.1) is 25.9 Å². The van der Waals surface area contributed by atoms with Crippen molar-refractivity contribution in [2.45, 2.75) is 26.1 Å². The Morgan fingerprint density at radius 3 is 3.00 bits per heavy atom. The molecule has 1 fully saturated rings. The van der Waals surface area contributed by atoms with Gasteiger partial charge in [-0.1, -0.05) is 12.1 Å². The van der Waals surface area contributed by atoms with Gasteiger partial charge in [-0.15, -0.1) is 0 Å². The number of esters is 1. The third kappa shape index (κ3) is 4.65. The summed E-state index contributed by atoms with van der Waals surface area (Å²) in [5.74, 6) is -0.891. The Balaban J connectivity index is 2.12. The van der Waals surface area contributed by atoms with Crippen LogP contribution in [-0.2, 0) is 19.0 Å². The molecular weight excluding hydrogens is 275 g/mol. The van der Waals surface area contributed by atoms with Gasteiger partial charge in [-0.2, -0.15) is 0 Å². The van der Waals surface area contributed by atoms with E-state index in [9.17, 15) is 9.18 Å². The van der Waals surface area contributed by atoms with Gasteiger partial charge in [0.2, 0.25) is 0 Å². The van der Waals surface area contributed by atoms with E-state index in [1.54, 1.807) is 19.1 Å². The fraction of sp³-hybridized carbons (Fsp3) is 0.438. The van der Waals surface area contributed by atoms with Crippen molar-refractivity contribution in [3.05, 3.63) is 41.2 Å². The molecule has 2 atom stereocenters. The number of epoxide rings is 1. The molecule has 1 aromatic carbocycles. The van der Waals surface area contributed by atoms with Crippen LogP contribution >= 0.6 is 0 Å². The maximum Gasteiger partial charge on any atom is 0.330 e. The van der Waals surface area contributed by atoms with Crippen LogP contribution in [0.15, 0.2) is 24.3 Å². The quantitative estimate of drug-likeness (QED) is 0.441. The Kier molecular flexibility index (Phi) is 5.47. The van der Waals surface area contributed by atoms with Crippen molar-refractivity contribution in [1.82, 2.24) is 0 Å². The smallest absolute Gasteiger partial charge is 0.330 e. The first-order chi connectivity index (χ1) is 10.1. The second kappa shape index (κ2) is 7.33. The van der Waals surface area contributed by atoms with Gasteiger partial charge >= 0.3 is 5.97 Å². The topological polar surface area (TPSA) is 48.1 Å². The summed E-state index contributed by atoms with van der Waals surface area (Å²) in [4.78, 5) is 11.4. The highest BCUT2D eigenvalue weighted by molar-refractivity contribution is 5.87. The molecule has 1 aliphatic heterocycles. The summed E-state index contributed by atoms with van der Waals surface area (Å²) in [5, 5.41) is 0. The molecule has 1 aromatic rings. The molecule has 0 aliphatic carbocycles. The van der Waals surface area contributed by atoms with Crippen LogP contribution in [-0.4, -0.2) is 31.9 Å². The summed E-state index contributed by atoms with van der Waals surface area (Å²) in [5.41, 5.74) is 1.03. The van der Waals surface area contributed by atoms with Crippen LogP contribution < -0.4 is 0 Å². The normalized spacial score (nSPS) is 18.7. The highest BCUT2D eigenvalue weighted by atomic mass is 19.1. The predicted molar refractivity (Wildman–Crippen MR) is 76.2 cm³/mol. The number of halogens is 1. The molecule has 0 saturated carbocycles. The van der Waals surface area contributed by atoms with E-state index in [0.717, 1.165) is 0 Å². The number of hydrogen-bond acceptors (Lipinski definition) is 4. The number of carbonyl (C=O) groups excluding carboxylic acids is 1. The first-order valence-corrected chi connectivity index (χ1v) is 6.98. The van der Waals surface area contributed by atoms with Crippen LogP contribution in [0.4, 0.5) is 4.39 Å². The minimum Gasteiger partial charge on any atom is -0.463 e. The second-order valence-electron chi connectivity index (χ2n) is 4.76. The molecule has 0 spiro atoms. The summed E-state index contributed by atoms with van der Waals surface area (Å²) in [6, 6.07) is 4.76. The lowest BCUT2D eigenvalue weighted by Gasteiger charge is -2.15. The van der Waals surface area contributed by atoms with E-state index in [2.05, 4.69) is 0 Å². The lowest BCUT2D eigenvalue weighted by Crippen LogP contribution is -2.08. The summed E-state index contributed by atoms with van der Waals surface area (Å²) >= 11 is 0. The summed E-state index contributed by atoms with van der Waals surface area (Å²) in [6.45, 7) is 5.05. The van der Waals surface area contributed by atoms with Crippen molar-refractivity contribution in [2.75, 3.05) is 19.8 Å². The average molecular weight is 294 g/mol. The first-order valence-electron chi connectivity index (χ1n) is 6.98. The van der Waals surface area contributed by atoms with E-state index >= 15 is 0 Å². The molecule has 1 heterocycles. The Bertz CT molecular complexity index is 523. The van der Waals surface area contributed by atoms with Gasteiger partial charge in [-0.05, 0) is 31.6 Å². The summed E-state index contributed by atoms with van der Waals surface area (Å²) < 4.78 is 29.5. The zero-order valence-corrected chi connectivity index (χ0v) is 12.2. The summed E-state index contributed by atoms with van der Waals surface area (Å²) in [7, 11) is 0. The number of carbonyl (C=O) groups is 1. The fourth-order valence-electron chi connectivity index (χ4n) is 1.93. The summed E-state index contributed by atoms with van der Waals surface area (Å²) in [6.07, 6.45) is 2.52. The van der Waals surface area contributed by atoms with E-state index < -0.39 is 11.8 Å². The lowest BCUT2D eigenvalue weighted by molar-refractivity contribution is -0.137. The van der Waals surface area contributed by atoms with Crippen LogP contribution in [0.1, 0.15) is 31.1 Å². The largest absolute Gasteiger partial charge is 0.463 e. The van der Waals surface area contributed by atoms with Crippen molar-refractivity contribution >= 4 is 12.0 Å². The van der Waals surface area contributed by atoms with Crippen molar-refractivity contribution in [3.63, 3.8) is 0 Å². The van der Waals surface area contributed by atoms with E-state index in [-0.39, 0.29) is 18.8 Å². The number of benzene rings is 1. The maximum absolute atomic E-state index is 14.0. The molecule has 4 nitrogen and oxygen atoms in total. The molecule has 2 rings (SSSR count).